The van der Waals surface area contributed by atoms with Gasteiger partial charge in [0.25, 0.3) is 0 Å². The number of allylic oxidation sites excluding steroid dienone is 7. The minimum Gasteiger partial charge on any atom is -0.481 e. The summed E-state index contributed by atoms with van der Waals surface area (Å²) in [4.78, 5) is 83.2. The molecule has 0 radical (unpaired) electrons. The Balaban J connectivity index is 1.23. The molecular formula is C68H72N8O10. The minimum atomic E-state index is -0.949. The Bertz CT molecular complexity index is 4440. The van der Waals surface area contributed by atoms with Gasteiger partial charge in [-0.3, -0.25) is 19.2 Å². The van der Waals surface area contributed by atoms with Gasteiger partial charge in [-0.15, -0.1) is 0 Å². The summed E-state index contributed by atoms with van der Waals surface area (Å²) in [6.45, 7) is 21.2. The zero-order valence-electron chi connectivity index (χ0n) is 50.3. The second-order valence-corrected chi connectivity index (χ2v) is 23.1. The third-order valence-corrected chi connectivity index (χ3v) is 17.5. The molecule has 6 aromatic heterocycles. The number of aliphatic carboxylic acids is 4. The number of nitrogens with one attached hydrogen (secondary N) is 4. The van der Waals surface area contributed by atoms with Crippen LogP contribution in [0.2, 0.25) is 0 Å². The number of fused-ring (bicyclic) bond motifs is 16. The van der Waals surface area contributed by atoms with Crippen LogP contribution in [-0.2, 0) is 32.0 Å². The zero-order valence-corrected chi connectivity index (χ0v) is 50.3. The van der Waals surface area contributed by atoms with Crippen molar-refractivity contribution in [2.45, 2.75) is 146 Å². The Morgan fingerprint density at radius 1 is 0.407 bits per heavy atom. The van der Waals surface area contributed by atoms with Crippen molar-refractivity contribution in [3.05, 3.63) is 145 Å². The lowest BCUT2D eigenvalue weighted by Crippen LogP contribution is -2.02. The molecule has 3 unspecified atom stereocenters. The highest BCUT2D eigenvalue weighted by molar-refractivity contribution is 5.99. The van der Waals surface area contributed by atoms with Crippen LogP contribution in [0.4, 0.5) is 0 Å². The molecule has 18 nitrogen and oxygen atoms in total. The van der Waals surface area contributed by atoms with E-state index in [0.717, 1.165) is 111 Å². The summed E-state index contributed by atoms with van der Waals surface area (Å²) in [6.07, 6.45) is 2.83. The highest BCUT2D eigenvalue weighted by Crippen LogP contribution is 2.41. The first kappa shape index (κ1) is 59.9. The standard InChI is InChI=1S/C68H72N8O10/c1-30(66-36(7)53-27-61-68(40(11)78)38(9)52(76-61)23-47-33(4)43(15-19-63(81)82)56(70-47)29-58-45(17-21-65(85)86)35(6)49(73-58)25-59(66)74-53)12-13-41-31(2)50-26-60-67(39(10)77)37(8)51(75-60)22-46-32(3)42(14-18-62(79)80)55(69-46)28-57-44(16-20-64(83)84)34(5)48(71-57)24-54(41)72-50/h12-13,22-30,39-40,71-74,77-78H,14-21H2,1-11H3,(H,79,80)(H,81,82)(H,83,84)(H,85,86)/b13-12+,46-22?,47-23?,48-24?,49-25?,50-26?,51-22?,52-23?,53-27?,54-24?,55-28?,56-29?,57-28?,58-29?,59-25?,60-26?,61-27?. The molecule has 16 bridgehead atoms. The highest BCUT2D eigenvalue weighted by atomic mass is 16.4. The van der Waals surface area contributed by atoms with Gasteiger partial charge in [0.2, 0.25) is 0 Å². The fourth-order valence-corrected chi connectivity index (χ4v) is 12.7. The average Bonchev–Trinajstić information content (AvgIpc) is 2.39. The number of H-pyrrole nitrogens is 4. The molecule has 0 spiro atoms. The van der Waals surface area contributed by atoms with Gasteiger partial charge in [-0.25, -0.2) is 19.9 Å². The smallest absolute Gasteiger partial charge is 0.303 e. The molecule has 4 aliphatic rings. The van der Waals surface area contributed by atoms with Crippen LogP contribution < -0.4 is 0 Å². The predicted molar refractivity (Wildman–Crippen MR) is 337 cm³/mol. The van der Waals surface area contributed by atoms with Crippen molar-refractivity contribution in [3.63, 3.8) is 0 Å². The van der Waals surface area contributed by atoms with Gasteiger partial charge in [0.1, 0.15) is 0 Å². The Labute approximate surface area is 496 Å². The van der Waals surface area contributed by atoms with E-state index in [1.54, 1.807) is 13.8 Å². The number of hydrogen-bond acceptors (Lipinski definition) is 10. The van der Waals surface area contributed by atoms with Crippen LogP contribution in [0, 0.1) is 27.7 Å². The van der Waals surface area contributed by atoms with Crippen LogP contribution in [0.5, 0.6) is 0 Å². The summed E-state index contributed by atoms with van der Waals surface area (Å²) >= 11 is 0. The largest absolute Gasteiger partial charge is 0.481 e. The van der Waals surface area contributed by atoms with E-state index in [2.05, 4.69) is 39.0 Å². The lowest BCUT2D eigenvalue weighted by atomic mass is 9.95. The Kier molecular flexibility index (Phi) is 16.5. The summed E-state index contributed by atoms with van der Waals surface area (Å²) in [5.41, 5.74) is 23.3. The molecule has 10 rings (SSSR count). The van der Waals surface area contributed by atoms with E-state index in [4.69, 9.17) is 19.9 Å². The molecule has 3 atom stereocenters. The first-order valence-corrected chi connectivity index (χ1v) is 29.0. The number of carboxylic acid groups (broad SMARTS) is 4. The number of aliphatic hydroxyl groups excluding tert-OH is 2. The molecule has 0 saturated heterocycles. The molecule has 0 aliphatic carbocycles. The highest BCUT2D eigenvalue weighted by Gasteiger charge is 2.27. The summed E-state index contributed by atoms with van der Waals surface area (Å²) in [5, 5.41) is 62.2. The van der Waals surface area contributed by atoms with E-state index in [0.29, 0.717) is 67.7 Å². The van der Waals surface area contributed by atoms with Gasteiger partial charge in [-0.1, -0.05) is 19.1 Å². The minimum absolute atomic E-state index is 0.123. The van der Waals surface area contributed by atoms with Gasteiger partial charge in [0.15, 0.2) is 0 Å². The van der Waals surface area contributed by atoms with Crippen LogP contribution >= 0.6 is 0 Å². The molecule has 444 valence electrons. The third-order valence-electron chi connectivity index (χ3n) is 17.5. The summed E-state index contributed by atoms with van der Waals surface area (Å²) in [7, 11) is 0. The molecule has 18 heteroatoms. The fourth-order valence-electron chi connectivity index (χ4n) is 12.7. The second-order valence-electron chi connectivity index (χ2n) is 23.1. The number of nitrogens with zero attached hydrogens (tertiary/aromatic N) is 4. The van der Waals surface area contributed by atoms with Crippen LogP contribution in [0.15, 0.2) is 54.6 Å². The SMILES string of the molecule is CC1=C(CCC(=O)O)c2cc3[nH]c(cc4[nH]c(cc5nc(cc1n2)C(C)=C5C(C)O)c(C)c4/C=C/C(C)c1c(C)c2cc4nc(cc5nc(cc6[nH]c(cc1[nH]2)c(C)c6CCC(=O)O)C(CCC(=O)O)=C5C)C(C)=C4C(C)O)c(C)c3CCC(=O)O. The van der Waals surface area contributed by atoms with Crippen LogP contribution in [0.1, 0.15) is 183 Å². The monoisotopic (exact) mass is 1160 g/mol. The maximum Gasteiger partial charge on any atom is 0.303 e. The number of aromatic amines is 4. The zero-order chi connectivity index (χ0) is 61.9. The topological polar surface area (TPSA) is 304 Å². The molecule has 0 aromatic carbocycles. The van der Waals surface area contributed by atoms with Gasteiger partial charge in [-0.2, -0.15) is 0 Å². The van der Waals surface area contributed by atoms with Gasteiger partial charge in [-0.05, 0) is 216 Å². The van der Waals surface area contributed by atoms with Crippen molar-refractivity contribution >= 4 is 119 Å². The van der Waals surface area contributed by atoms with E-state index in [1.807, 2.05) is 104 Å². The molecule has 10 N–H and O–H groups in total. The van der Waals surface area contributed by atoms with Crippen molar-refractivity contribution in [2.24, 2.45) is 0 Å². The van der Waals surface area contributed by atoms with Crippen LogP contribution in [-0.4, -0.2) is 107 Å². The third kappa shape index (κ3) is 11.5. The Morgan fingerprint density at radius 3 is 1.19 bits per heavy atom. The van der Waals surface area contributed by atoms with E-state index >= 15 is 0 Å². The van der Waals surface area contributed by atoms with E-state index in [-0.39, 0.29) is 57.3 Å². The first-order chi connectivity index (χ1) is 40.8. The van der Waals surface area contributed by atoms with Crippen molar-refractivity contribution in [1.29, 1.82) is 0 Å². The Morgan fingerprint density at radius 2 is 0.756 bits per heavy atom. The molecule has 0 amide bonds. The lowest BCUT2D eigenvalue weighted by molar-refractivity contribution is -0.138. The maximum absolute atomic E-state index is 12.1. The molecular weight excluding hydrogens is 1090 g/mol. The number of aromatic nitrogens is 8. The van der Waals surface area contributed by atoms with E-state index in [1.165, 1.54) is 0 Å². The van der Waals surface area contributed by atoms with E-state index < -0.39 is 36.1 Å². The molecule has 0 saturated carbocycles. The maximum atomic E-state index is 12.1. The van der Waals surface area contributed by atoms with Crippen molar-refractivity contribution < 1.29 is 49.8 Å². The fraction of sp³-hybridized carbons (Fsp3) is 0.324. The summed E-state index contributed by atoms with van der Waals surface area (Å²) in [5.74, 6) is -4.07. The van der Waals surface area contributed by atoms with Crippen LogP contribution in [0.25, 0.3) is 94.8 Å². The number of rotatable bonds is 17. The molecule has 4 aliphatic heterocycles. The summed E-state index contributed by atoms with van der Waals surface area (Å²) in [6, 6.07) is 15.4. The van der Waals surface area contributed by atoms with Gasteiger partial charge in [0.05, 0.1) is 57.8 Å². The number of aliphatic hydroxyl groups is 2. The lowest BCUT2D eigenvalue weighted by Gasteiger charge is -2.08. The number of carbonyl (C=O) groups is 4. The number of aryl methyl sites for hydroxylation is 6. The first-order valence-electron chi connectivity index (χ1n) is 29.0. The number of carboxylic acids is 4. The number of hydrogen-bond donors (Lipinski definition) is 10. The molecule has 10 heterocycles. The normalized spacial score (nSPS) is 14.7. The molecule has 86 heavy (non-hydrogen) atoms. The van der Waals surface area contributed by atoms with Crippen molar-refractivity contribution in [2.75, 3.05) is 0 Å². The second kappa shape index (κ2) is 23.7. The van der Waals surface area contributed by atoms with Gasteiger partial charge >= 0.3 is 23.9 Å². The average molecular weight is 1160 g/mol. The molecule has 6 aromatic rings. The van der Waals surface area contributed by atoms with Gasteiger partial charge < -0.3 is 50.6 Å². The van der Waals surface area contributed by atoms with E-state index in [9.17, 15) is 49.8 Å². The quantitative estimate of drug-likeness (QED) is 0.0406. The predicted octanol–water partition coefficient (Wildman–Crippen LogP) is 13.2. The molecule has 0 fully saturated rings. The van der Waals surface area contributed by atoms with Crippen LogP contribution in [0.3, 0.4) is 0 Å². The van der Waals surface area contributed by atoms with Crippen molar-refractivity contribution in [3.8, 4) is 0 Å². The Hall–Kier alpha value is -9.26. The van der Waals surface area contributed by atoms with Gasteiger partial charge in [0, 0.05) is 92.4 Å². The summed E-state index contributed by atoms with van der Waals surface area (Å²) < 4.78 is 0. The van der Waals surface area contributed by atoms with Crippen molar-refractivity contribution in [1.82, 2.24) is 39.9 Å².